The molecule has 1 atom stereocenters. The SMILES string of the molecule is Cn1cc(-c2ccc3c(c2)CCn2c-3cc(OCC3CCCO3)nc2=O)cn1. The van der Waals surface area contributed by atoms with Gasteiger partial charge in [-0.3, -0.25) is 9.25 Å². The lowest BCUT2D eigenvalue weighted by Gasteiger charge is -2.22. The van der Waals surface area contributed by atoms with Gasteiger partial charge in [-0.05, 0) is 30.4 Å². The van der Waals surface area contributed by atoms with Crippen molar-refractivity contribution in [3.8, 4) is 28.3 Å². The molecule has 28 heavy (non-hydrogen) atoms. The molecule has 0 saturated carbocycles. The maximum atomic E-state index is 12.5. The molecule has 0 spiro atoms. The first-order valence-corrected chi connectivity index (χ1v) is 9.66. The van der Waals surface area contributed by atoms with Crippen LogP contribution in [0.15, 0.2) is 41.5 Å². The summed E-state index contributed by atoms with van der Waals surface area (Å²) in [5.74, 6) is 0.371. The second-order valence-electron chi connectivity index (χ2n) is 7.38. The minimum Gasteiger partial charge on any atom is -0.475 e. The summed E-state index contributed by atoms with van der Waals surface area (Å²) in [4.78, 5) is 16.6. The van der Waals surface area contributed by atoms with Gasteiger partial charge in [0.1, 0.15) is 6.61 Å². The number of aromatic nitrogens is 4. The van der Waals surface area contributed by atoms with Crippen molar-refractivity contribution >= 4 is 0 Å². The lowest BCUT2D eigenvalue weighted by molar-refractivity contribution is 0.0661. The Morgan fingerprint density at radius 2 is 2.21 bits per heavy atom. The Labute approximate surface area is 162 Å². The van der Waals surface area contributed by atoms with Crippen molar-refractivity contribution in [1.82, 2.24) is 19.3 Å². The summed E-state index contributed by atoms with van der Waals surface area (Å²) in [6, 6.07) is 8.21. The Hall–Kier alpha value is -2.93. The van der Waals surface area contributed by atoms with Crippen LogP contribution in [0, 0.1) is 0 Å². The van der Waals surface area contributed by atoms with Gasteiger partial charge < -0.3 is 9.47 Å². The third-order valence-corrected chi connectivity index (χ3v) is 5.45. The van der Waals surface area contributed by atoms with Gasteiger partial charge >= 0.3 is 5.69 Å². The van der Waals surface area contributed by atoms with Crippen LogP contribution in [0.4, 0.5) is 0 Å². The van der Waals surface area contributed by atoms with Gasteiger partial charge in [0, 0.05) is 43.6 Å². The minimum atomic E-state index is -0.262. The zero-order valence-corrected chi connectivity index (χ0v) is 15.8. The zero-order valence-electron chi connectivity index (χ0n) is 15.8. The van der Waals surface area contributed by atoms with Crippen LogP contribution < -0.4 is 10.4 Å². The molecule has 144 valence electrons. The average Bonchev–Trinajstić information content (AvgIpc) is 3.37. The van der Waals surface area contributed by atoms with E-state index < -0.39 is 0 Å². The van der Waals surface area contributed by atoms with Crippen molar-refractivity contribution in [1.29, 1.82) is 0 Å². The second-order valence-corrected chi connectivity index (χ2v) is 7.38. The van der Waals surface area contributed by atoms with Crippen LogP contribution in [0.1, 0.15) is 18.4 Å². The Morgan fingerprint density at radius 3 is 3.00 bits per heavy atom. The molecule has 4 heterocycles. The molecule has 0 radical (unpaired) electrons. The molecule has 0 N–H and O–H groups in total. The van der Waals surface area contributed by atoms with Gasteiger partial charge in [0.15, 0.2) is 0 Å². The molecule has 1 unspecified atom stereocenters. The van der Waals surface area contributed by atoms with E-state index in [9.17, 15) is 4.79 Å². The zero-order chi connectivity index (χ0) is 19.1. The molecule has 7 heteroatoms. The molecule has 2 aromatic heterocycles. The van der Waals surface area contributed by atoms with E-state index in [-0.39, 0.29) is 11.8 Å². The third kappa shape index (κ3) is 3.11. The van der Waals surface area contributed by atoms with E-state index >= 15 is 0 Å². The standard InChI is InChI=1S/C21H22N4O3/c1-24-12-16(11-22-24)14-4-5-18-15(9-14)6-7-25-19(18)10-20(23-21(25)26)28-13-17-3-2-8-27-17/h4-5,9-12,17H,2-3,6-8,13H2,1H3. The van der Waals surface area contributed by atoms with Crippen LogP contribution in [-0.2, 0) is 24.8 Å². The van der Waals surface area contributed by atoms with E-state index in [0.29, 0.717) is 19.0 Å². The first-order chi connectivity index (χ1) is 13.7. The summed E-state index contributed by atoms with van der Waals surface area (Å²) in [5, 5.41) is 4.25. The van der Waals surface area contributed by atoms with Gasteiger partial charge in [-0.1, -0.05) is 18.2 Å². The first kappa shape index (κ1) is 17.2. The van der Waals surface area contributed by atoms with E-state index in [1.54, 1.807) is 9.25 Å². The Morgan fingerprint density at radius 1 is 1.29 bits per heavy atom. The van der Waals surface area contributed by atoms with Gasteiger partial charge in [-0.25, -0.2) is 4.79 Å². The fourth-order valence-corrected chi connectivity index (χ4v) is 3.98. The molecule has 1 aromatic carbocycles. The van der Waals surface area contributed by atoms with Crippen molar-refractivity contribution in [3.05, 3.63) is 52.7 Å². The largest absolute Gasteiger partial charge is 0.475 e. The number of ether oxygens (including phenoxy) is 2. The van der Waals surface area contributed by atoms with Crippen LogP contribution in [0.25, 0.3) is 22.4 Å². The third-order valence-electron chi connectivity index (χ3n) is 5.45. The van der Waals surface area contributed by atoms with E-state index in [1.807, 2.05) is 25.5 Å². The van der Waals surface area contributed by atoms with Gasteiger partial charge in [0.05, 0.1) is 18.0 Å². The maximum Gasteiger partial charge on any atom is 0.351 e. The van der Waals surface area contributed by atoms with E-state index in [0.717, 1.165) is 48.3 Å². The number of aryl methyl sites for hydroxylation is 2. The number of hydrogen-bond donors (Lipinski definition) is 0. The number of benzene rings is 1. The van der Waals surface area contributed by atoms with Crippen LogP contribution >= 0.6 is 0 Å². The molecule has 2 aliphatic heterocycles. The van der Waals surface area contributed by atoms with Gasteiger partial charge in [-0.2, -0.15) is 10.1 Å². The highest BCUT2D eigenvalue weighted by molar-refractivity contribution is 5.73. The predicted molar refractivity (Wildman–Crippen MR) is 104 cm³/mol. The Balaban J connectivity index is 1.48. The molecule has 2 aliphatic rings. The lowest BCUT2D eigenvalue weighted by atomic mass is 9.94. The van der Waals surface area contributed by atoms with Crippen molar-refractivity contribution < 1.29 is 9.47 Å². The molecular weight excluding hydrogens is 356 g/mol. The summed E-state index contributed by atoms with van der Waals surface area (Å²) in [5.41, 5.74) is 5.09. The lowest BCUT2D eigenvalue weighted by Crippen LogP contribution is -2.29. The number of nitrogens with zero attached hydrogens (tertiary/aromatic N) is 4. The monoisotopic (exact) mass is 378 g/mol. The van der Waals surface area contributed by atoms with Gasteiger partial charge in [0.25, 0.3) is 0 Å². The number of fused-ring (bicyclic) bond motifs is 3. The molecule has 5 rings (SSSR count). The normalized spacial score (nSPS) is 18.0. The highest BCUT2D eigenvalue weighted by Crippen LogP contribution is 2.33. The topological polar surface area (TPSA) is 71.2 Å². The maximum absolute atomic E-state index is 12.5. The Kier molecular flexibility index (Phi) is 4.24. The van der Waals surface area contributed by atoms with Crippen LogP contribution in [0.2, 0.25) is 0 Å². The summed E-state index contributed by atoms with van der Waals surface area (Å²) >= 11 is 0. The van der Waals surface area contributed by atoms with Crippen LogP contribution in [0.3, 0.4) is 0 Å². The molecule has 0 bridgehead atoms. The minimum absolute atomic E-state index is 0.0925. The molecule has 0 aliphatic carbocycles. The molecule has 0 amide bonds. The average molecular weight is 378 g/mol. The quantitative estimate of drug-likeness (QED) is 0.697. The second kappa shape index (κ2) is 6.91. The first-order valence-electron chi connectivity index (χ1n) is 9.66. The molecule has 1 saturated heterocycles. The predicted octanol–water partition coefficient (Wildman–Crippen LogP) is 2.42. The van der Waals surface area contributed by atoms with E-state index in [1.165, 1.54) is 5.56 Å². The highest BCUT2D eigenvalue weighted by atomic mass is 16.5. The Bertz CT molecular complexity index is 1080. The van der Waals surface area contributed by atoms with Crippen molar-refractivity contribution in [2.24, 2.45) is 7.05 Å². The van der Waals surface area contributed by atoms with Crippen LogP contribution in [-0.4, -0.2) is 38.6 Å². The molecule has 3 aromatic rings. The van der Waals surface area contributed by atoms with E-state index in [2.05, 4.69) is 28.3 Å². The molecule has 1 fully saturated rings. The summed E-state index contributed by atoms with van der Waals surface area (Å²) in [6.07, 6.45) is 6.81. The fourth-order valence-electron chi connectivity index (χ4n) is 3.98. The van der Waals surface area contributed by atoms with Crippen molar-refractivity contribution in [3.63, 3.8) is 0 Å². The van der Waals surface area contributed by atoms with E-state index in [4.69, 9.17) is 9.47 Å². The van der Waals surface area contributed by atoms with Crippen molar-refractivity contribution in [2.75, 3.05) is 13.2 Å². The molecule has 7 nitrogen and oxygen atoms in total. The summed E-state index contributed by atoms with van der Waals surface area (Å²) < 4.78 is 14.9. The number of rotatable bonds is 4. The van der Waals surface area contributed by atoms with Gasteiger partial charge in [-0.15, -0.1) is 0 Å². The molecular formula is C21H22N4O3. The summed E-state index contributed by atoms with van der Waals surface area (Å²) in [7, 11) is 1.91. The van der Waals surface area contributed by atoms with Gasteiger partial charge in [0.2, 0.25) is 5.88 Å². The smallest absolute Gasteiger partial charge is 0.351 e. The van der Waals surface area contributed by atoms with Crippen LogP contribution in [0.5, 0.6) is 5.88 Å². The highest BCUT2D eigenvalue weighted by Gasteiger charge is 2.21. The summed E-state index contributed by atoms with van der Waals surface area (Å²) in [6.45, 7) is 1.83. The number of hydrogen-bond acceptors (Lipinski definition) is 5. The fraction of sp³-hybridized carbons (Fsp3) is 0.381. The van der Waals surface area contributed by atoms with Crippen molar-refractivity contribution in [2.45, 2.75) is 31.9 Å².